The van der Waals surface area contributed by atoms with Gasteiger partial charge in [0.15, 0.2) is 0 Å². The third-order valence-electron chi connectivity index (χ3n) is 7.00. The number of anilines is 3. The van der Waals surface area contributed by atoms with Crippen molar-refractivity contribution in [3.63, 3.8) is 0 Å². The number of aromatic nitrogens is 3. The Kier molecular flexibility index (Phi) is 6.95. The van der Waals surface area contributed by atoms with Gasteiger partial charge in [0, 0.05) is 52.0 Å². The van der Waals surface area contributed by atoms with Crippen LogP contribution in [0.4, 0.5) is 22.2 Å². The summed E-state index contributed by atoms with van der Waals surface area (Å²) >= 11 is 0. The van der Waals surface area contributed by atoms with Gasteiger partial charge in [0.2, 0.25) is 5.91 Å². The minimum Gasteiger partial charge on any atom is -0.444 e. The van der Waals surface area contributed by atoms with E-state index in [4.69, 9.17) is 9.72 Å². The van der Waals surface area contributed by atoms with Gasteiger partial charge in [-0.3, -0.25) is 4.79 Å². The van der Waals surface area contributed by atoms with E-state index in [1.54, 1.807) is 42.2 Å². The summed E-state index contributed by atoms with van der Waals surface area (Å²) in [6.45, 7) is 12.8. The summed E-state index contributed by atoms with van der Waals surface area (Å²) < 4.78 is 5.64. The van der Waals surface area contributed by atoms with Crippen molar-refractivity contribution in [2.45, 2.75) is 64.6 Å². The van der Waals surface area contributed by atoms with E-state index < -0.39 is 11.0 Å². The fraction of sp³-hybridized carbons (Fsp3) is 0.556. The second-order valence-corrected chi connectivity index (χ2v) is 11.5. The Morgan fingerprint density at radius 3 is 2.45 bits per heavy atom. The van der Waals surface area contributed by atoms with Crippen LogP contribution >= 0.6 is 0 Å². The Labute approximate surface area is 224 Å². The topological polar surface area (TPSA) is 119 Å². The van der Waals surface area contributed by atoms with Crippen molar-refractivity contribution in [2.24, 2.45) is 0 Å². The molecule has 1 fully saturated rings. The van der Waals surface area contributed by atoms with E-state index in [1.807, 2.05) is 46.4 Å². The maximum atomic E-state index is 13.7. The molecule has 4 heterocycles. The van der Waals surface area contributed by atoms with Crippen LogP contribution in [0.15, 0.2) is 24.7 Å². The highest BCUT2D eigenvalue weighted by atomic mass is 16.6. The monoisotopic (exact) mass is 520 g/mol. The van der Waals surface area contributed by atoms with Gasteiger partial charge in [-0.15, -0.1) is 0 Å². The number of hydrogen-bond donors (Lipinski definition) is 0. The number of fused-ring (bicyclic) bond motifs is 1. The molecule has 4 rings (SSSR count). The van der Waals surface area contributed by atoms with E-state index in [2.05, 4.69) is 20.9 Å². The largest absolute Gasteiger partial charge is 0.444 e. The molecule has 0 N–H and O–H groups in total. The van der Waals surface area contributed by atoms with Gasteiger partial charge in [-0.2, -0.15) is 5.26 Å². The smallest absolute Gasteiger partial charge is 0.410 e. The number of nitrogens with zero attached hydrogens (tertiary/aromatic N) is 8. The third-order valence-corrected chi connectivity index (χ3v) is 7.00. The van der Waals surface area contributed by atoms with Crippen molar-refractivity contribution >= 4 is 29.5 Å². The zero-order valence-electron chi connectivity index (χ0n) is 23.4. The van der Waals surface area contributed by atoms with Crippen LogP contribution in [0.2, 0.25) is 0 Å². The van der Waals surface area contributed by atoms with Gasteiger partial charge in [-0.1, -0.05) is 0 Å². The first-order valence-electron chi connectivity index (χ1n) is 12.7. The van der Waals surface area contributed by atoms with Gasteiger partial charge in [0.05, 0.1) is 22.6 Å². The first-order valence-corrected chi connectivity index (χ1v) is 12.7. The van der Waals surface area contributed by atoms with Crippen molar-refractivity contribution in [1.29, 1.82) is 5.26 Å². The number of rotatable bonds is 3. The molecule has 38 heavy (non-hydrogen) atoms. The summed E-state index contributed by atoms with van der Waals surface area (Å²) in [7, 11) is 3.47. The molecule has 2 amide bonds. The lowest BCUT2D eigenvalue weighted by molar-refractivity contribution is -0.133. The van der Waals surface area contributed by atoms with Gasteiger partial charge in [-0.25, -0.2) is 19.7 Å². The Bertz CT molecular complexity index is 1280. The summed E-state index contributed by atoms with van der Waals surface area (Å²) in [5.41, 5.74) is -0.364. The molecule has 0 saturated carbocycles. The maximum Gasteiger partial charge on any atom is 0.410 e. The van der Waals surface area contributed by atoms with Gasteiger partial charge in [-0.05, 0) is 53.7 Å². The van der Waals surface area contributed by atoms with Gasteiger partial charge in [0.1, 0.15) is 29.4 Å². The molecule has 0 bridgehead atoms. The van der Waals surface area contributed by atoms with E-state index in [1.165, 1.54) is 6.33 Å². The number of ether oxygens (including phenoxy) is 1. The third kappa shape index (κ3) is 4.83. The number of likely N-dealkylation sites (N-methyl/N-ethyl adjacent to an activating group) is 1. The van der Waals surface area contributed by atoms with Crippen molar-refractivity contribution in [3.05, 3.63) is 35.8 Å². The number of hydrogen-bond acceptors (Lipinski definition) is 9. The SMILES string of the molecule is C[C@@H]1CN(c2ncnc3c2C(C)(C(=O)N(C)C)CN3c2cc(C#N)ccn2)[C@@H](C)CN1C(=O)OC(C)(C)C. The molecule has 0 aromatic carbocycles. The lowest BCUT2D eigenvalue weighted by Crippen LogP contribution is -2.59. The van der Waals surface area contributed by atoms with Crippen LogP contribution in [0.3, 0.4) is 0 Å². The minimum atomic E-state index is -0.967. The Morgan fingerprint density at radius 2 is 1.82 bits per heavy atom. The Hall–Kier alpha value is -3.94. The van der Waals surface area contributed by atoms with Crippen molar-refractivity contribution in [2.75, 3.05) is 43.5 Å². The summed E-state index contributed by atoms with van der Waals surface area (Å²) in [6, 6.07) is 5.25. The van der Waals surface area contributed by atoms with Crippen LogP contribution in [0.25, 0.3) is 0 Å². The molecule has 0 aliphatic carbocycles. The molecule has 2 aliphatic rings. The molecule has 3 atom stereocenters. The molecule has 11 nitrogen and oxygen atoms in total. The molecule has 11 heteroatoms. The highest BCUT2D eigenvalue weighted by molar-refractivity contribution is 5.95. The number of pyridine rings is 1. The molecule has 2 aliphatic heterocycles. The van der Waals surface area contributed by atoms with Crippen LogP contribution < -0.4 is 9.80 Å². The van der Waals surface area contributed by atoms with E-state index in [0.29, 0.717) is 48.2 Å². The maximum absolute atomic E-state index is 13.7. The standard InChI is InChI=1S/C27H36N8O3/c1-17-14-34(25(37)38-26(3,4)5)18(2)13-33(17)22-21-23(31-16-30-22)35(15-27(21,6)24(36)32(7)8)20-11-19(12-28)9-10-29-20/h9-11,16-18H,13-15H2,1-8H3/t17-,18+,27?/m0/s1. The van der Waals surface area contributed by atoms with Gasteiger partial charge < -0.3 is 24.3 Å². The minimum absolute atomic E-state index is 0.0816. The summed E-state index contributed by atoms with van der Waals surface area (Å²) in [5.74, 6) is 1.71. The Morgan fingerprint density at radius 1 is 1.13 bits per heavy atom. The zero-order valence-corrected chi connectivity index (χ0v) is 23.4. The van der Waals surface area contributed by atoms with Crippen molar-refractivity contribution in [1.82, 2.24) is 24.8 Å². The van der Waals surface area contributed by atoms with Crippen molar-refractivity contribution in [3.8, 4) is 6.07 Å². The van der Waals surface area contributed by atoms with Crippen molar-refractivity contribution < 1.29 is 14.3 Å². The quantitative estimate of drug-likeness (QED) is 0.601. The molecular formula is C27H36N8O3. The lowest BCUT2D eigenvalue weighted by atomic mass is 9.83. The first-order chi connectivity index (χ1) is 17.8. The zero-order chi connectivity index (χ0) is 28.0. The highest BCUT2D eigenvalue weighted by Crippen LogP contribution is 2.48. The fourth-order valence-corrected chi connectivity index (χ4v) is 5.24. The predicted octanol–water partition coefficient (Wildman–Crippen LogP) is 3.07. The predicted molar refractivity (Wildman–Crippen MR) is 143 cm³/mol. The number of nitriles is 1. The second-order valence-electron chi connectivity index (χ2n) is 11.5. The number of carbonyl (C=O) groups is 2. The van der Waals surface area contributed by atoms with E-state index in [0.717, 1.165) is 0 Å². The summed E-state index contributed by atoms with van der Waals surface area (Å²) in [5, 5.41) is 9.43. The van der Waals surface area contributed by atoms with Gasteiger partial charge >= 0.3 is 6.09 Å². The van der Waals surface area contributed by atoms with Crippen LogP contribution in [0.5, 0.6) is 0 Å². The number of amides is 2. The summed E-state index contributed by atoms with van der Waals surface area (Å²) in [4.78, 5) is 47.7. The van der Waals surface area contributed by atoms with E-state index in [9.17, 15) is 14.9 Å². The molecule has 2 aromatic rings. The molecular weight excluding hydrogens is 484 g/mol. The number of carbonyl (C=O) groups excluding carboxylic acids is 2. The van der Waals surface area contributed by atoms with E-state index in [-0.39, 0.29) is 24.1 Å². The molecule has 0 radical (unpaired) electrons. The number of piperazine rings is 1. The average molecular weight is 521 g/mol. The second kappa shape index (κ2) is 9.74. The molecule has 1 saturated heterocycles. The Balaban J connectivity index is 1.77. The fourth-order valence-electron chi connectivity index (χ4n) is 5.24. The molecule has 2 aromatic heterocycles. The average Bonchev–Trinajstić information content (AvgIpc) is 3.17. The van der Waals surface area contributed by atoms with E-state index >= 15 is 0 Å². The molecule has 202 valence electrons. The van der Waals surface area contributed by atoms with Crippen LogP contribution in [0.1, 0.15) is 52.7 Å². The van der Waals surface area contributed by atoms with Gasteiger partial charge in [0.25, 0.3) is 0 Å². The van der Waals surface area contributed by atoms with Crippen LogP contribution in [-0.2, 0) is 14.9 Å². The van der Waals surface area contributed by atoms with Crippen LogP contribution in [0, 0.1) is 11.3 Å². The highest BCUT2D eigenvalue weighted by Gasteiger charge is 2.51. The summed E-state index contributed by atoms with van der Waals surface area (Å²) in [6.07, 6.45) is 2.74. The van der Waals surface area contributed by atoms with Crippen LogP contribution in [-0.4, -0.2) is 88.2 Å². The first kappa shape index (κ1) is 27.1. The molecule has 1 unspecified atom stereocenters. The molecule has 0 spiro atoms. The normalized spacial score (nSPS) is 23.1. The lowest BCUT2D eigenvalue weighted by Gasteiger charge is -2.45.